The van der Waals surface area contributed by atoms with Crippen LogP contribution in [0.25, 0.3) is 88.4 Å². The molecule has 1 aliphatic rings. The first-order valence-corrected chi connectivity index (χ1v) is 20.7. The van der Waals surface area contributed by atoms with Gasteiger partial charge in [0, 0.05) is 55.1 Å². The highest BCUT2D eigenvalue weighted by Crippen LogP contribution is 2.57. The van der Waals surface area contributed by atoms with Crippen molar-refractivity contribution in [2.24, 2.45) is 0 Å². The molecule has 0 radical (unpaired) electrons. The van der Waals surface area contributed by atoms with E-state index < -0.39 is 0 Å². The maximum atomic E-state index is 6.62. The fourth-order valence-corrected chi connectivity index (χ4v) is 9.77. The van der Waals surface area contributed by atoms with Gasteiger partial charge in [0.25, 0.3) is 0 Å². The van der Waals surface area contributed by atoms with Crippen molar-refractivity contribution in [3.8, 4) is 44.5 Å². The molecular formula is C57H39NO2. The molecule has 2 heterocycles. The summed E-state index contributed by atoms with van der Waals surface area (Å²) in [5, 5.41) is 4.56. The second kappa shape index (κ2) is 13.2. The number of benzene rings is 9. The van der Waals surface area contributed by atoms with Crippen LogP contribution in [-0.2, 0) is 5.41 Å². The van der Waals surface area contributed by atoms with E-state index in [1.807, 2.05) is 12.1 Å². The third-order valence-corrected chi connectivity index (χ3v) is 12.7. The minimum Gasteiger partial charge on any atom is -0.456 e. The Morgan fingerprint density at radius 1 is 0.367 bits per heavy atom. The van der Waals surface area contributed by atoms with Gasteiger partial charge in [-0.05, 0) is 99.1 Å². The molecule has 0 fully saturated rings. The van der Waals surface area contributed by atoms with Crippen molar-refractivity contribution in [2.45, 2.75) is 19.3 Å². The summed E-state index contributed by atoms with van der Waals surface area (Å²) in [4.78, 5) is 2.39. The molecule has 284 valence electrons. The highest BCUT2D eigenvalue weighted by molar-refractivity contribution is 6.18. The Balaban J connectivity index is 1.05. The minimum absolute atomic E-state index is 0.249. The van der Waals surface area contributed by atoms with E-state index in [0.717, 1.165) is 72.1 Å². The number of fused-ring (bicyclic) bond motifs is 9. The first-order chi connectivity index (χ1) is 29.5. The van der Waals surface area contributed by atoms with Crippen LogP contribution in [0.2, 0.25) is 0 Å². The third-order valence-electron chi connectivity index (χ3n) is 12.7. The summed E-state index contributed by atoms with van der Waals surface area (Å²) in [7, 11) is 0. The second-order valence-corrected chi connectivity index (χ2v) is 16.4. The van der Waals surface area contributed by atoms with Crippen molar-refractivity contribution in [2.75, 3.05) is 4.90 Å². The van der Waals surface area contributed by atoms with E-state index in [1.54, 1.807) is 0 Å². The number of para-hydroxylation sites is 3. The molecule has 0 saturated carbocycles. The maximum Gasteiger partial charge on any atom is 0.143 e. The Hall–Kier alpha value is -7.62. The Morgan fingerprint density at radius 3 is 1.65 bits per heavy atom. The SMILES string of the molecule is CC1(C)c2ccc(N(c3ccc(-c4ccccc4)cc3)c3ccc(-c4cccc5c4oc4ccccc45)cc3)cc2-c2c1cc1oc3ccccc3c1c2-c1ccccc1. The van der Waals surface area contributed by atoms with Crippen molar-refractivity contribution >= 4 is 60.9 Å². The molecule has 1 aliphatic carbocycles. The van der Waals surface area contributed by atoms with E-state index in [9.17, 15) is 0 Å². The zero-order valence-electron chi connectivity index (χ0n) is 33.3. The quantitative estimate of drug-likeness (QED) is 0.169. The van der Waals surface area contributed by atoms with Crippen molar-refractivity contribution < 1.29 is 8.83 Å². The summed E-state index contributed by atoms with van der Waals surface area (Å²) >= 11 is 0. The highest BCUT2D eigenvalue weighted by atomic mass is 16.3. The molecule has 60 heavy (non-hydrogen) atoms. The number of anilines is 3. The van der Waals surface area contributed by atoms with E-state index in [4.69, 9.17) is 8.83 Å². The smallest absolute Gasteiger partial charge is 0.143 e. The van der Waals surface area contributed by atoms with Gasteiger partial charge in [-0.15, -0.1) is 0 Å². The van der Waals surface area contributed by atoms with Crippen LogP contribution in [-0.4, -0.2) is 0 Å². The van der Waals surface area contributed by atoms with E-state index in [-0.39, 0.29) is 5.41 Å². The Morgan fingerprint density at radius 2 is 0.933 bits per heavy atom. The average molecular weight is 770 g/mol. The molecule has 0 amide bonds. The number of hydrogen-bond donors (Lipinski definition) is 0. The van der Waals surface area contributed by atoms with Gasteiger partial charge in [0.2, 0.25) is 0 Å². The van der Waals surface area contributed by atoms with Crippen LogP contribution in [0.3, 0.4) is 0 Å². The monoisotopic (exact) mass is 769 g/mol. The fourth-order valence-electron chi connectivity index (χ4n) is 9.77. The van der Waals surface area contributed by atoms with Crippen LogP contribution < -0.4 is 4.90 Å². The fraction of sp³-hybridized carbons (Fsp3) is 0.0526. The Kier molecular flexibility index (Phi) is 7.58. The first kappa shape index (κ1) is 34.4. The number of furan rings is 2. The van der Waals surface area contributed by atoms with Gasteiger partial charge in [0.1, 0.15) is 22.3 Å². The topological polar surface area (TPSA) is 29.5 Å². The predicted molar refractivity (Wildman–Crippen MR) is 250 cm³/mol. The molecule has 9 aromatic carbocycles. The molecular weight excluding hydrogens is 731 g/mol. The van der Waals surface area contributed by atoms with Crippen LogP contribution in [0.5, 0.6) is 0 Å². The van der Waals surface area contributed by atoms with Gasteiger partial charge in [-0.25, -0.2) is 0 Å². The lowest BCUT2D eigenvalue weighted by Crippen LogP contribution is -2.15. The van der Waals surface area contributed by atoms with E-state index in [1.165, 1.54) is 44.5 Å². The predicted octanol–water partition coefficient (Wildman–Crippen LogP) is 16.3. The second-order valence-electron chi connectivity index (χ2n) is 16.4. The zero-order chi connectivity index (χ0) is 40.0. The third kappa shape index (κ3) is 5.22. The number of hydrogen-bond acceptors (Lipinski definition) is 3. The molecule has 0 aliphatic heterocycles. The Labute approximate surface area is 348 Å². The molecule has 0 atom stereocenters. The summed E-state index contributed by atoms with van der Waals surface area (Å²) in [5.41, 5.74) is 18.7. The van der Waals surface area contributed by atoms with Gasteiger partial charge in [-0.3, -0.25) is 0 Å². The highest BCUT2D eigenvalue weighted by Gasteiger charge is 2.39. The summed E-state index contributed by atoms with van der Waals surface area (Å²) in [5.74, 6) is 0. The molecule has 2 aromatic heterocycles. The van der Waals surface area contributed by atoms with E-state index in [2.05, 4.69) is 207 Å². The summed E-state index contributed by atoms with van der Waals surface area (Å²) in [6.45, 7) is 4.70. The Bertz CT molecular complexity index is 3430. The maximum absolute atomic E-state index is 6.62. The van der Waals surface area contributed by atoms with E-state index in [0.29, 0.717) is 0 Å². The van der Waals surface area contributed by atoms with Gasteiger partial charge >= 0.3 is 0 Å². The standard InChI is InChI=1S/C57H39NO2/c1-57(2)48-33-32-42(34-47(48)54-49(57)35-52-55(46-19-10-12-23-51(46)59-52)53(54)39-16-7-4-8-17-39)58(40-28-24-37(25-29-40)36-14-5-3-6-15-36)41-30-26-38(27-31-41)43-20-13-21-45-44-18-9-11-22-50(44)60-56(43)45/h3-35H,1-2H3. The van der Waals surface area contributed by atoms with Crippen LogP contribution in [0.4, 0.5) is 17.1 Å². The van der Waals surface area contributed by atoms with Gasteiger partial charge in [-0.2, -0.15) is 0 Å². The van der Waals surface area contributed by atoms with Crippen molar-refractivity contribution in [1.29, 1.82) is 0 Å². The lowest BCUT2D eigenvalue weighted by atomic mass is 9.81. The van der Waals surface area contributed by atoms with Crippen LogP contribution in [0.1, 0.15) is 25.0 Å². The summed E-state index contributed by atoms with van der Waals surface area (Å²) in [6.07, 6.45) is 0. The molecule has 0 unspecified atom stereocenters. The lowest BCUT2D eigenvalue weighted by molar-refractivity contribution is 0.647. The van der Waals surface area contributed by atoms with Crippen molar-refractivity contribution in [3.63, 3.8) is 0 Å². The summed E-state index contributed by atoms with van der Waals surface area (Å²) in [6, 6.07) is 71.8. The largest absolute Gasteiger partial charge is 0.456 e. The summed E-state index contributed by atoms with van der Waals surface area (Å²) < 4.78 is 13.1. The molecule has 0 spiro atoms. The van der Waals surface area contributed by atoms with Crippen LogP contribution >= 0.6 is 0 Å². The van der Waals surface area contributed by atoms with E-state index >= 15 is 0 Å². The average Bonchev–Trinajstić information content (AvgIpc) is 3.94. The molecule has 0 N–H and O–H groups in total. The van der Waals surface area contributed by atoms with Gasteiger partial charge in [0.15, 0.2) is 0 Å². The minimum atomic E-state index is -0.249. The van der Waals surface area contributed by atoms with Crippen LogP contribution in [0, 0.1) is 0 Å². The van der Waals surface area contributed by atoms with Crippen LogP contribution in [0.15, 0.2) is 209 Å². The van der Waals surface area contributed by atoms with Gasteiger partial charge in [0.05, 0.1) is 0 Å². The van der Waals surface area contributed by atoms with Crippen molar-refractivity contribution in [3.05, 3.63) is 211 Å². The van der Waals surface area contributed by atoms with Crippen molar-refractivity contribution in [1.82, 2.24) is 0 Å². The molecule has 12 rings (SSSR count). The zero-order valence-corrected chi connectivity index (χ0v) is 33.3. The molecule has 11 aromatic rings. The first-order valence-electron chi connectivity index (χ1n) is 20.7. The normalized spacial score (nSPS) is 13.0. The molecule has 0 bridgehead atoms. The molecule has 0 saturated heterocycles. The lowest BCUT2D eigenvalue weighted by Gasteiger charge is -2.27. The number of nitrogens with zero attached hydrogens (tertiary/aromatic N) is 1. The van der Waals surface area contributed by atoms with Gasteiger partial charge < -0.3 is 13.7 Å². The molecule has 3 nitrogen and oxygen atoms in total. The molecule has 3 heteroatoms. The number of rotatable bonds is 6. The van der Waals surface area contributed by atoms with Gasteiger partial charge in [-0.1, -0.05) is 159 Å².